The molecule has 1 unspecified atom stereocenters. The standard InChI is InChI=1S/C13H12O5/c14-10-5-6-12(18-7-11(15)13(16)17)9-4-2-1-3-8(9)10/h1-6,11,14-15H,7H2,(H,16,17). The van der Waals surface area contributed by atoms with Crippen LogP contribution in [0.25, 0.3) is 10.8 Å². The lowest BCUT2D eigenvalue weighted by Gasteiger charge is -2.11. The molecule has 0 saturated carbocycles. The number of aromatic hydroxyl groups is 1. The van der Waals surface area contributed by atoms with E-state index < -0.39 is 12.1 Å². The van der Waals surface area contributed by atoms with Crippen molar-refractivity contribution >= 4 is 16.7 Å². The van der Waals surface area contributed by atoms with E-state index in [0.29, 0.717) is 16.5 Å². The number of carbonyl (C=O) groups is 1. The first kappa shape index (κ1) is 12.2. The number of fused-ring (bicyclic) bond motifs is 1. The van der Waals surface area contributed by atoms with Gasteiger partial charge >= 0.3 is 5.97 Å². The zero-order valence-corrected chi connectivity index (χ0v) is 9.41. The van der Waals surface area contributed by atoms with E-state index in [0.717, 1.165) is 0 Å². The molecule has 0 fully saturated rings. The normalized spacial score (nSPS) is 12.3. The van der Waals surface area contributed by atoms with E-state index in [-0.39, 0.29) is 12.4 Å². The molecule has 0 aromatic heterocycles. The lowest BCUT2D eigenvalue weighted by Crippen LogP contribution is -2.26. The minimum absolute atomic E-state index is 0.122. The van der Waals surface area contributed by atoms with Gasteiger partial charge in [0.05, 0.1) is 0 Å². The van der Waals surface area contributed by atoms with Gasteiger partial charge in [-0.2, -0.15) is 0 Å². The number of aliphatic hydroxyl groups excluding tert-OH is 1. The van der Waals surface area contributed by atoms with Crippen molar-refractivity contribution in [1.82, 2.24) is 0 Å². The number of ether oxygens (including phenoxy) is 1. The number of carboxylic acids is 1. The molecule has 5 nitrogen and oxygen atoms in total. The van der Waals surface area contributed by atoms with Gasteiger partial charge in [-0.05, 0) is 12.1 Å². The van der Waals surface area contributed by atoms with Gasteiger partial charge in [0.1, 0.15) is 18.1 Å². The summed E-state index contributed by atoms with van der Waals surface area (Å²) < 4.78 is 5.26. The van der Waals surface area contributed by atoms with Crippen molar-refractivity contribution in [2.45, 2.75) is 6.10 Å². The largest absolute Gasteiger partial charge is 0.507 e. The molecular weight excluding hydrogens is 236 g/mol. The van der Waals surface area contributed by atoms with Gasteiger partial charge in [-0.25, -0.2) is 4.79 Å². The first-order valence-electron chi connectivity index (χ1n) is 5.34. The molecule has 0 saturated heterocycles. The number of rotatable bonds is 4. The molecule has 3 N–H and O–H groups in total. The predicted octanol–water partition coefficient (Wildman–Crippen LogP) is 1.37. The SMILES string of the molecule is O=C(O)C(O)COc1ccc(O)c2ccccc12. The summed E-state index contributed by atoms with van der Waals surface area (Å²) in [6.45, 7) is -0.343. The maximum absolute atomic E-state index is 10.5. The van der Waals surface area contributed by atoms with Gasteiger partial charge in [-0.3, -0.25) is 0 Å². The molecule has 0 spiro atoms. The summed E-state index contributed by atoms with van der Waals surface area (Å²) in [6.07, 6.45) is -1.57. The number of phenolic OH excluding ortho intramolecular Hbond substituents is 1. The summed E-state index contributed by atoms with van der Waals surface area (Å²) in [6, 6.07) is 10.0. The van der Waals surface area contributed by atoms with Crippen LogP contribution in [0.4, 0.5) is 0 Å². The Morgan fingerprint density at radius 1 is 1.17 bits per heavy atom. The molecule has 1 atom stereocenters. The van der Waals surface area contributed by atoms with Crippen LogP contribution in [-0.2, 0) is 4.79 Å². The van der Waals surface area contributed by atoms with Crippen molar-refractivity contribution in [2.75, 3.05) is 6.61 Å². The van der Waals surface area contributed by atoms with Crippen LogP contribution in [0, 0.1) is 0 Å². The highest BCUT2D eigenvalue weighted by molar-refractivity contribution is 5.93. The van der Waals surface area contributed by atoms with Crippen LogP contribution in [0.2, 0.25) is 0 Å². The Bertz CT molecular complexity index is 579. The second kappa shape index (κ2) is 4.93. The number of carboxylic acid groups (broad SMARTS) is 1. The zero-order chi connectivity index (χ0) is 13.1. The first-order valence-corrected chi connectivity index (χ1v) is 5.34. The molecule has 0 amide bonds. The number of phenols is 1. The summed E-state index contributed by atoms with van der Waals surface area (Å²) >= 11 is 0. The molecule has 0 aliphatic rings. The molecule has 5 heteroatoms. The van der Waals surface area contributed by atoms with Gasteiger partial charge in [0.25, 0.3) is 0 Å². The van der Waals surface area contributed by atoms with Crippen molar-refractivity contribution in [3.63, 3.8) is 0 Å². The number of hydrogen-bond donors (Lipinski definition) is 3. The quantitative estimate of drug-likeness (QED) is 0.760. The molecule has 94 valence electrons. The third kappa shape index (κ3) is 2.36. The Balaban J connectivity index is 2.29. The molecule has 0 heterocycles. The van der Waals surface area contributed by atoms with Gasteiger partial charge in [0.15, 0.2) is 6.10 Å². The molecule has 2 aromatic carbocycles. The predicted molar refractivity (Wildman–Crippen MR) is 64.8 cm³/mol. The summed E-state index contributed by atoms with van der Waals surface area (Å²) in [5, 5.41) is 28.6. The highest BCUT2D eigenvalue weighted by Crippen LogP contribution is 2.32. The average Bonchev–Trinajstić information content (AvgIpc) is 2.38. The summed E-state index contributed by atoms with van der Waals surface area (Å²) in [5.41, 5.74) is 0. The van der Waals surface area contributed by atoms with Crippen molar-refractivity contribution in [2.24, 2.45) is 0 Å². The van der Waals surface area contributed by atoms with Gasteiger partial charge in [-0.15, -0.1) is 0 Å². The molecule has 0 radical (unpaired) electrons. The van der Waals surface area contributed by atoms with Crippen molar-refractivity contribution < 1.29 is 24.9 Å². The van der Waals surface area contributed by atoms with Crippen LogP contribution in [0.1, 0.15) is 0 Å². The monoisotopic (exact) mass is 248 g/mol. The van der Waals surface area contributed by atoms with E-state index in [1.54, 1.807) is 24.3 Å². The molecule has 0 aliphatic carbocycles. The lowest BCUT2D eigenvalue weighted by molar-refractivity contribution is -0.148. The number of hydrogen-bond acceptors (Lipinski definition) is 4. The molecular formula is C13H12O5. The Morgan fingerprint density at radius 2 is 1.83 bits per heavy atom. The Kier molecular flexibility index (Phi) is 3.34. The van der Waals surface area contributed by atoms with E-state index in [1.165, 1.54) is 12.1 Å². The van der Waals surface area contributed by atoms with E-state index in [2.05, 4.69) is 0 Å². The number of aliphatic carboxylic acids is 1. The zero-order valence-electron chi connectivity index (χ0n) is 9.41. The smallest absolute Gasteiger partial charge is 0.336 e. The number of aliphatic hydroxyl groups is 1. The highest BCUT2D eigenvalue weighted by atomic mass is 16.5. The fourth-order valence-corrected chi connectivity index (χ4v) is 1.62. The van der Waals surface area contributed by atoms with E-state index >= 15 is 0 Å². The molecule has 18 heavy (non-hydrogen) atoms. The second-order valence-corrected chi connectivity index (χ2v) is 3.79. The Morgan fingerprint density at radius 3 is 2.50 bits per heavy atom. The van der Waals surface area contributed by atoms with Gasteiger partial charge in [-0.1, -0.05) is 24.3 Å². The molecule has 0 aliphatic heterocycles. The first-order chi connectivity index (χ1) is 8.59. The van der Waals surface area contributed by atoms with Crippen LogP contribution in [0.3, 0.4) is 0 Å². The van der Waals surface area contributed by atoms with Gasteiger partial charge in [0.2, 0.25) is 0 Å². The van der Waals surface area contributed by atoms with Gasteiger partial charge in [0, 0.05) is 10.8 Å². The molecule has 0 bridgehead atoms. The molecule has 2 aromatic rings. The minimum Gasteiger partial charge on any atom is -0.507 e. The Labute approximate surface area is 103 Å². The second-order valence-electron chi connectivity index (χ2n) is 3.79. The van der Waals surface area contributed by atoms with Crippen LogP contribution < -0.4 is 4.74 Å². The fourth-order valence-electron chi connectivity index (χ4n) is 1.62. The van der Waals surface area contributed by atoms with E-state index in [1.807, 2.05) is 0 Å². The van der Waals surface area contributed by atoms with Crippen LogP contribution >= 0.6 is 0 Å². The van der Waals surface area contributed by atoms with Crippen LogP contribution in [-0.4, -0.2) is 34.0 Å². The number of benzene rings is 2. The maximum Gasteiger partial charge on any atom is 0.336 e. The van der Waals surface area contributed by atoms with Crippen molar-refractivity contribution in [1.29, 1.82) is 0 Å². The van der Waals surface area contributed by atoms with Crippen LogP contribution in [0.15, 0.2) is 36.4 Å². The van der Waals surface area contributed by atoms with Gasteiger partial charge < -0.3 is 20.1 Å². The van der Waals surface area contributed by atoms with Crippen molar-refractivity contribution in [3.05, 3.63) is 36.4 Å². The van der Waals surface area contributed by atoms with E-state index in [9.17, 15) is 9.90 Å². The highest BCUT2D eigenvalue weighted by Gasteiger charge is 2.14. The fraction of sp³-hybridized carbons (Fsp3) is 0.154. The average molecular weight is 248 g/mol. The summed E-state index contributed by atoms with van der Waals surface area (Å²) in [4.78, 5) is 10.5. The summed E-state index contributed by atoms with van der Waals surface area (Å²) in [5.74, 6) is -0.793. The summed E-state index contributed by atoms with van der Waals surface area (Å²) in [7, 11) is 0. The lowest BCUT2D eigenvalue weighted by atomic mass is 10.1. The van der Waals surface area contributed by atoms with E-state index in [4.69, 9.17) is 14.9 Å². The third-order valence-electron chi connectivity index (χ3n) is 2.54. The van der Waals surface area contributed by atoms with Crippen molar-refractivity contribution in [3.8, 4) is 11.5 Å². The maximum atomic E-state index is 10.5. The third-order valence-corrected chi connectivity index (χ3v) is 2.54. The molecule has 2 rings (SSSR count). The van der Waals surface area contributed by atoms with Crippen LogP contribution in [0.5, 0.6) is 11.5 Å². The Hall–Kier alpha value is -2.27. The topological polar surface area (TPSA) is 87.0 Å². The minimum atomic E-state index is -1.57.